The predicted molar refractivity (Wildman–Crippen MR) is 63.2 cm³/mol. The van der Waals surface area contributed by atoms with Crippen LogP contribution in [0.5, 0.6) is 0 Å². The van der Waals surface area contributed by atoms with Gasteiger partial charge in [0.2, 0.25) is 5.91 Å². The van der Waals surface area contributed by atoms with Crippen LogP contribution in [0, 0.1) is 0 Å². The van der Waals surface area contributed by atoms with Crippen molar-refractivity contribution < 1.29 is 14.3 Å². The number of hydrogen-bond donors (Lipinski definition) is 0. The third kappa shape index (κ3) is 2.36. The SMILES string of the molecule is CCC(=O)N1CCOC1C=O.c1cc2ccc1-2. The van der Waals surface area contributed by atoms with Crippen molar-refractivity contribution in [3.63, 3.8) is 0 Å². The van der Waals surface area contributed by atoms with E-state index >= 15 is 0 Å². The Morgan fingerprint density at radius 1 is 1.41 bits per heavy atom. The van der Waals surface area contributed by atoms with Crippen LogP contribution in [-0.4, -0.2) is 36.5 Å². The van der Waals surface area contributed by atoms with E-state index in [1.807, 2.05) is 0 Å². The summed E-state index contributed by atoms with van der Waals surface area (Å²) in [5.74, 6) is -0.0281. The van der Waals surface area contributed by atoms with Gasteiger partial charge >= 0.3 is 0 Å². The van der Waals surface area contributed by atoms with E-state index in [1.165, 1.54) is 16.0 Å². The third-order valence-corrected chi connectivity index (χ3v) is 2.89. The van der Waals surface area contributed by atoms with Crippen LogP contribution < -0.4 is 0 Å². The summed E-state index contributed by atoms with van der Waals surface area (Å²) in [4.78, 5) is 22.8. The lowest BCUT2D eigenvalue weighted by Gasteiger charge is -2.17. The molecule has 0 bridgehead atoms. The van der Waals surface area contributed by atoms with Gasteiger partial charge < -0.3 is 9.64 Å². The smallest absolute Gasteiger partial charge is 0.224 e. The molecule has 0 radical (unpaired) electrons. The van der Waals surface area contributed by atoms with Gasteiger partial charge in [0.05, 0.1) is 6.61 Å². The minimum Gasteiger partial charge on any atom is -0.349 e. The fourth-order valence-corrected chi connectivity index (χ4v) is 1.73. The van der Waals surface area contributed by atoms with Gasteiger partial charge in [0.1, 0.15) is 0 Å². The van der Waals surface area contributed by atoms with E-state index in [0.29, 0.717) is 25.9 Å². The summed E-state index contributed by atoms with van der Waals surface area (Å²) in [5.41, 5.74) is 2.85. The number of hydrogen-bond acceptors (Lipinski definition) is 3. The molecule has 17 heavy (non-hydrogen) atoms. The zero-order chi connectivity index (χ0) is 12.3. The molecule has 4 nitrogen and oxygen atoms in total. The number of ether oxygens (including phenoxy) is 1. The van der Waals surface area contributed by atoms with E-state index in [4.69, 9.17) is 4.74 Å². The van der Waals surface area contributed by atoms with Crippen LogP contribution in [-0.2, 0) is 14.3 Å². The van der Waals surface area contributed by atoms with Crippen LogP contribution in [0.15, 0.2) is 24.3 Å². The van der Waals surface area contributed by atoms with Crippen LogP contribution in [0.4, 0.5) is 0 Å². The lowest BCUT2D eigenvalue weighted by atomic mass is 9.95. The molecule has 1 heterocycles. The molecule has 1 atom stereocenters. The molecule has 0 aromatic carbocycles. The first-order chi connectivity index (χ1) is 8.26. The van der Waals surface area contributed by atoms with Crippen molar-refractivity contribution >= 4 is 12.2 Å². The fourth-order valence-electron chi connectivity index (χ4n) is 1.73. The predicted octanol–water partition coefficient (Wildman–Crippen LogP) is 1.45. The summed E-state index contributed by atoms with van der Waals surface area (Å²) in [7, 11) is 0. The van der Waals surface area contributed by atoms with Crippen molar-refractivity contribution in [2.24, 2.45) is 0 Å². The maximum Gasteiger partial charge on any atom is 0.224 e. The van der Waals surface area contributed by atoms with Crippen molar-refractivity contribution in [3.05, 3.63) is 24.3 Å². The molecule has 0 saturated carbocycles. The number of benzene rings is 1. The summed E-state index contributed by atoms with van der Waals surface area (Å²) in [5, 5.41) is 0. The molecule has 1 aliphatic heterocycles. The second-order valence-electron chi connectivity index (χ2n) is 3.92. The van der Waals surface area contributed by atoms with Gasteiger partial charge in [0.25, 0.3) is 0 Å². The monoisotopic (exact) mass is 233 g/mol. The minimum absolute atomic E-state index is 0.0281. The Kier molecular flexibility index (Phi) is 3.54. The van der Waals surface area contributed by atoms with Crippen LogP contribution >= 0.6 is 0 Å². The van der Waals surface area contributed by atoms with Crippen molar-refractivity contribution in [1.29, 1.82) is 0 Å². The molecule has 2 aliphatic carbocycles. The van der Waals surface area contributed by atoms with E-state index in [1.54, 1.807) is 6.92 Å². The standard InChI is InChI=1S/C7H11NO3.C6H4/c1-2-6(10)8-3-4-11-7(8)5-9;1-2-6-4-3-5(1)6/h5,7H,2-4H2,1H3;1-4H. The first-order valence-corrected chi connectivity index (χ1v) is 5.73. The van der Waals surface area contributed by atoms with Crippen LogP contribution in [0.25, 0.3) is 11.1 Å². The highest BCUT2D eigenvalue weighted by molar-refractivity contribution is 5.79. The Labute approximate surface area is 100 Å². The number of fused-ring (bicyclic) bond motifs is 1. The molecule has 0 aromatic heterocycles. The Bertz CT molecular complexity index is 392. The lowest BCUT2D eigenvalue weighted by Crippen LogP contribution is -2.36. The molecular weight excluding hydrogens is 218 g/mol. The van der Waals surface area contributed by atoms with Gasteiger partial charge in [-0.25, -0.2) is 0 Å². The number of amides is 1. The van der Waals surface area contributed by atoms with E-state index in [0.717, 1.165) is 0 Å². The maximum atomic E-state index is 11.1. The molecule has 0 N–H and O–H groups in total. The summed E-state index contributed by atoms with van der Waals surface area (Å²) in [6.45, 7) is 2.77. The second kappa shape index (κ2) is 5.10. The van der Waals surface area contributed by atoms with Crippen molar-refractivity contribution in [3.8, 4) is 11.1 Å². The normalized spacial score (nSPS) is 19.4. The van der Waals surface area contributed by atoms with E-state index in [-0.39, 0.29) is 5.91 Å². The van der Waals surface area contributed by atoms with Gasteiger partial charge in [0.15, 0.2) is 12.5 Å². The quantitative estimate of drug-likeness (QED) is 0.737. The molecule has 4 heteroatoms. The largest absolute Gasteiger partial charge is 0.349 e. The van der Waals surface area contributed by atoms with Gasteiger partial charge in [-0.15, -0.1) is 0 Å². The molecule has 0 aromatic rings. The Morgan fingerprint density at radius 3 is 2.35 bits per heavy atom. The van der Waals surface area contributed by atoms with Gasteiger partial charge in [-0.1, -0.05) is 31.2 Å². The minimum atomic E-state index is -0.637. The molecule has 1 unspecified atom stereocenters. The number of rotatable bonds is 2. The van der Waals surface area contributed by atoms with E-state index in [2.05, 4.69) is 24.3 Å². The number of aldehydes is 1. The van der Waals surface area contributed by atoms with Gasteiger partial charge in [0, 0.05) is 13.0 Å². The number of carbonyl (C=O) groups is 2. The first kappa shape index (κ1) is 11.8. The summed E-state index contributed by atoms with van der Waals surface area (Å²) >= 11 is 0. The number of nitrogens with zero attached hydrogens (tertiary/aromatic N) is 1. The Hall–Kier alpha value is -1.68. The average molecular weight is 233 g/mol. The third-order valence-electron chi connectivity index (χ3n) is 2.89. The van der Waals surface area contributed by atoms with Gasteiger partial charge in [-0.2, -0.15) is 0 Å². The zero-order valence-electron chi connectivity index (χ0n) is 9.76. The first-order valence-electron chi connectivity index (χ1n) is 5.73. The molecule has 3 rings (SSSR count). The second-order valence-corrected chi connectivity index (χ2v) is 3.92. The summed E-state index contributed by atoms with van der Waals surface area (Å²) < 4.78 is 4.97. The van der Waals surface area contributed by atoms with Crippen molar-refractivity contribution in [1.82, 2.24) is 4.90 Å². The van der Waals surface area contributed by atoms with Crippen LogP contribution in [0.2, 0.25) is 0 Å². The fraction of sp³-hybridized carbons (Fsp3) is 0.385. The summed E-state index contributed by atoms with van der Waals surface area (Å²) in [6, 6.07) is 8.48. The van der Waals surface area contributed by atoms with E-state index in [9.17, 15) is 9.59 Å². The molecule has 3 aliphatic rings. The average Bonchev–Trinajstić information content (AvgIpc) is 2.81. The number of carbonyl (C=O) groups excluding carboxylic acids is 2. The van der Waals surface area contributed by atoms with Gasteiger partial charge in [-0.05, 0) is 11.1 Å². The lowest BCUT2D eigenvalue weighted by molar-refractivity contribution is -0.140. The van der Waals surface area contributed by atoms with Crippen molar-refractivity contribution in [2.45, 2.75) is 19.6 Å². The highest BCUT2D eigenvalue weighted by atomic mass is 16.5. The van der Waals surface area contributed by atoms with Crippen LogP contribution in [0.3, 0.4) is 0 Å². The highest BCUT2D eigenvalue weighted by Crippen LogP contribution is 2.29. The van der Waals surface area contributed by atoms with Crippen molar-refractivity contribution in [2.75, 3.05) is 13.2 Å². The molecule has 0 spiro atoms. The molecular formula is C13H15NO3. The Balaban J connectivity index is 0.000000148. The van der Waals surface area contributed by atoms with E-state index < -0.39 is 6.23 Å². The van der Waals surface area contributed by atoms with Crippen LogP contribution in [0.1, 0.15) is 13.3 Å². The molecule has 1 amide bonds. The van der Waals surface area contributed by atoms with Gasteiger partial charge in [-0.3, -0.25) is 9.59 Å². The topological polar surface area (TPSA) is 46.6 Å². The molecule has 1 saturated heterocycles. The molecule has 90 valence electrons. The summed E-state index contributed by atoms with van der Waals surface area (Å²) in [6.07, 6.45) is 0.441. The highest BCUT2D eigenvalue weighted by Gasteiger charge is 2.27. The maximum absolute atomic E-state index is 11.1. The Morgan fingerprint density at radius 2 is 2.00 bits per heavy atom. The zero-order valence-corrected chi connectivity index (χ0v) is 9.76. The molecule has 1 fully saturated rings.